The van der Waals surface area contributed by atoms with Gasteiger partial charge in [0.15, 0.2) is 0 Å². The monoisotopic (exact) mass is 275 g/mol. The van der Waals surface area contributed by atoms with Gasteiger partial charge in [-0.25, -0.2) is 4.98 Å². The van der Waals surface area contributed by atoms with Crippen molar-refractivity contribution in [3.05, 3.63) is 23.9 Å². The molecule has 0 aliphatic rings. The number of amides is 1. The number of aromatic nitrogens is 1. The molecule has 1 rings (SSSR count). The van der Waals surface area contributed by atoms with E-state index in [1.807, 2.05) is 0 Å². The highest BCUT2D eigenvalue weighted by Crippen LogP contribution is 2.28. The molecule has 7 heteroatoms. The summed E-state index contributed by atoms with van der Waals surface area (Å²) in [7, 11) is 0. The number of hydrogen-bond acceptors (Lipinski definition) is 3. The summed E-state index contributed by atoms with van der Waals surface area (Å²) in [5, 5.41) is 5.29. The maximum atomic E-state index is 12.5. The Bertz CT molecular complexity index is 446. The van der Waals surface area contributed by atoms with Crippen LogP contribution in [0.1, 0.15) is 26.5 Å². The Morgan fingerprint density at radius 3 is 2.42 bits per heavy atom. The molecule has 106 valence electrons. The summed E-state index contributed by atoms with van der Waals surface area (Å²) < 4.78 is 37.4. The normalized spacial score (nSPS) is 13.2. The van der Waals surface area contributed by atoms with Gasteiger partial charge < -0.3 is 10.6 Å². The van der Waals surface area contributed by atoms with Gasteiger partial charge in [0.05, 0.1) is 0 Å². The number of alkyl halides is 3. The molecule has 0 fully saturated rings. The first-order chi connectivity index (χ1) is 8.70. The fourth-order valence-corrected chi connectivity index (χ4v) is 1.37. The Labute approximate surface area is 109 Å². The van der Waals surface area contributed by atoms with Gasteiger partial charge in [-0.3, -0.25) is 4.79 Å². The fraction of sp³-hybridized carbons (Fsp3) is 0.500. The molecule has 1 atom stereocenters. The maximum absolute atomic E-state index is 12.5. The second-order valence-corrected chi connectivity index (χ2v) is 4.44. The molecule has 1 amide bonds. The van der Waals surface area contributed by atoms with E-state index in [1.54, 1.807) is 20.8 Å². The number of halogens is 3. The molecule has 2 N–H and O–H groups in total. The van der Waals surface area contributed by atoms with E-state index in [0.717, 1.165) is 6.07 Å². The van der Waals surface area contributed by atoms with Gasteiger partial charge in [0, 0.05) is 6.04 Å². The lowest BCUT2D eigenvalue weighted by Crippen LogP contribution is -2.41. The van der Waals surface area contributed by atoms with E-state index in [-0.39, 0.29) is 17.8 Å². The minimum Gasteiger partial charge on any atom is -0.359 e. The molecule has 0 bridgehead atoms. The highest BCUT2D eigenvalue weighted by molar-refractivity contribution is 5.84. The molecule has 0 radical (unpaired) electrons. The van der Waals surface area contributed by atoms with Crippen LogP contribution in [-0.4, -0.2) is 23.0 Å². The van der Waals surface area contributed by atoms with Crippen LogP contribution in [0.3, 0.4) is 0 Å². The Balaban J connectivity index is 2.75. The Morgan fingerprint density at radius 2 is 1.89 bits per heavy atom. The largest absolute Gasteiger partial charge is 0.433 e. The van der Waals surface area contributed by atoms with Crippen LogP contribution in [0, 0.1) is 0 Å². The van der Waals surface area contributed by atoms with Crippen molar-refractivity contribution in [3.8, 4) is 0 Å². The zero-order valence-electron chi connectivity index (χ0n) is 10.9. The zero-order valence-corrected chi connectivity index (χ0v) is 10.9. The number of pyridine rings is 1. The van der Waals surface area contributed by atoms with E-state index in [0.29, 0.717) is 0 Å². The van der Waals surface area contributed by atoms with Crippen molar-refractivity contribution >= 4 is 11.7 Å². The zero-order chi connectivity index (χ0) is 14.6. The molecule has 0 spiro atoms. The van der Waals surface area contributed by atoms with Crippen LogP contribution in [0.4, 0.5) is 19.0 Å². The second-order valence-electron chi connectivity index (χ2n) is 4.44. The number of anilines is 1. The van der Waals surface area contributed by atoms with Gasteiger partial charge in [0.25, 0.3) is 0 Å². The van der Waals surface area contributed by atoms with Gasteiger partial charge in [-0.05, 0) is 32.9 Å². The van der Waals surface area contributed by atoms with Crippen LogP contribution in [0.15, 0.2) is 18.2 Å². The van der Waals surface area contributed by atoms with E-state index in [1.165, 1.54) is 12.1 Å². The maximum Gasteiger partial charge on any atom is 0.433 e. The number of nitrogens with one attached hydrogen (secondary N) is 2. The lowest BCUT2D eigenvalue weighted by atomic mass is 10.2. The molecular formula is C12H16F3N3O. The van der Waals surface area contributed by atoms with Crippen molar-refractivity contribution in [2.24, 2.45) is 0 Å². The van der Waals surface area contributed by atoms with Crippen molar-refractivity contribution < 1.29 is 18.0 Å². The lowest BCUT2D eigenvalue weighted by molar-refractivity contribution is -0.141. The molecule has 1 aromatic heterocycles. The van der Waals surface area contributed by atoms with Crippen LogP contribution in [0.5, 0.6) is 0 Å². The van der Waals surface area contributed by atoms with E-state index in [4.69, 9.17) is 0 Å². The predicted molar refractivity (Wildman–Crippen MR) is 65.6 cm³/mol. The van der Waals surface area contributed by atoms with Crippen LogP contribution < -0.4 is 10.6 Å². The molecule has 1 aromatic rings. The third kappa shape index (κ3) is 4.76. The summed E-state index contributed by atoms with van der Waals surface area (Å²) in [6.07, 6.45) is -4.50. The molecule has 19 heavy (non-hydrogen) atoms. The van der Waals surface area contributed by atoms with Gasteiger partial charge in [0.1, 0.15) is 17.6 Å². The van der Waals surface area contributed by atoms with Gasteiger partial charge in [-0.1, -0.05) is 6.07 Å². The van der Waals surface area contributed by atoms with Crippen LogP contribution >= 0.6 is 0 Å². The van der Waals surface area contributed by atoms with Gasteiger partial charge in [-0.15, -0.1) is 0 Å². The first kappa shape index (κ1) is 15.3. The summed E-state index contributed by atoms with van der Waals surface area (Å²) in [4.78, 5) is 15.0. The molecule has 0 saturated carbocycles. The number of carbonyl (C=O) groups excluding carboxylic acids is 1. The molecule has 0 aliphatic heterocycles. The van der Waals surface area contributed by atoms with Gasteiger partial charge in [0.2, 0.25) is 5.91 Å². The predicted octanol–water partition coefficient (Wildman–Crippen LogP) is 2.43. The van der Waals surface area contributed by atoms with Crippen molar-refractivity contribution in [2.45, 2.75) is 39.0 Å². The summed E-state index contributed by atoms with van der Waals surface area (Å²) in [6.45, 7) is 5.15. The highest BCUT2D eigenvalue weighted by atomic mass is 19.4. The van der Waals surface area contributed by atoms with Gasteiger partial charge in [-0.2, -0.15) is 13.2 Å². The highest BCUT2D eigenvalue weighted by Gasteiger charge is 2.32. The molecular weight excluding hydrogens is 259 g/mol. The summed E-state index contributed by atoms with van der Waals surface area (Å²) in [6, 6.07) is 2.80. The molecule has 1 heterocycles. The summed E-state index contributed by atoms with van der Waals surface area (Å²) in [5.41, 5.74) is -0.992. The average molecular weight is 275 g/mol. The van der Waals surface area contributed by atoms with Gasteiger partial charge >= 0.3 is 6.18 Å². The smallest absolute Gasteiger partial charge is 0.359 e. The first-order valence-corrected chi connectivity index (χ1v) is 5.81. The third-order valence-electron chi connectivity index (χ3n) is 2.23. The minimum atomic E-state index is -4.50. The second kappa shape index (κ2) is 5.90. The number of hydrogen-bond donors (Lipinski definition) is 2. The molecule has 0 aliphatic carbocycles. The van der Waals surface area contributed by atoms with Crippen molar-refractivity contribution in [1.29, 1.82) is 0 Å². The van der Waals surface area contributed by atoms with Crippen molar-refractivity contribution in [2.75, 3.05) is 5.32 Å². The Kier molecular flexibility index (Phi) is 4.74. The molecule has 4 nitrogen and oxygen atoms in total. The number of nitrogens with zero attached hydrogens (tertiary/aromatic N) is 1. The minimum absolute atomic E-state index is 0.0150. The molecule has 1 unspecified atom stereocenters. The third-order valence-corrected chi connectivity index (χ3v) is 2.23. The van der Waals surface area contributed by atoms with Crippen molar-refractivity contribution in [3.63, 3.8) is 0 Å². The average Bonchev–Trinajstić information content (AvgIpc) is 2.27. The number of rotatable bonds is 4. The first-order valence-electron chi connectivity index (χ1n) is 5.81. The van der Waals surface area contributed by atoms with E-state index in [2.05, 4.69) is 15.6 Å². The van der Waals surface area contributed by atoms with Crippen LogP contribution in [-0.2, 0) is 11.0 Å². The summed E-state index contributed by atoms with van der Waals surface area (Å²) >= 11 is 0. The Morgan fingerprint density at radius 1 is 1.26 bits per heavy atom. The standard InChI is InChI=1S/C12H16F3N3O/c1-7(2)16-11(19)8(3)17-10-6-4-5-9(18-10)12(13,14)15/h4-8H,1-3H3,(H,16,19)(H,17,18). The summed E-state index contributed by atoms with van der Waals surface area (Å²) in [5.74, 6) is -0.282. The SMILES string of the molecule is CC(C)NC(=O)C(C)Nc1cccc(C(F)(F)F)n1. The fourth-order valence-electron chi connectivity index (χ4n) is 1.37. The van der Waals surface area contributed by atoms with E-state index in [9.17, 15) is 18.0 Å². The van der Waals surface area contributed by atoms with E-state index >= 15 is 0 Å². The lowest BCUT2D eigenvalue weighted by Gasteiger charge is -2.17. The van der Waals surface area contributed by atoms with Crippen LogP contribution in [0.25, 0.3) is 0 Å². The van der Waals surface area contributed by atoms with E-state index < -0.39 is 17.9 Å². The number of carbonyl (C=O) groups is 1. The molecule has 0 aromatic carbocycles. The van der Waals surface area contributed by atoms with Crippen molar-refractivity contribution in [1.82, 2.24) is 10.3 Å². The molecule has 0 saturated heterocycles. The van der Waals surface area contributed by atoms with Crippen LogP contribution in [0.2, 0.25) is 0 Å². The quantitative estimate of drug-likeness (QED) is 0.887. The Hall–Kier alpha value is -1.79. The topological polar surface area (TPSA) is 54.0 Å².